The maximum Gasteiger partial charge on any atom is 0.426 e. The number of benzene rings is 2. The molecule has 1 aliphatic heterocycles. The summed E-state index contributed by atoms with van der Waals surface area (Å²) in [6.07, 6.45) is 0.669. The highest BCUT2D eigenvalue weighted by molar-refractivity contribution is 5.86. The summed E-state index contributed by atoms with van der Waals surface area (Å²) in [7, 11) is 0. The average Bonchev–Trinajstić information content (AvgIpc) is 3.32. The second-order valence-corrected chi connectivity index (χ2v) is 12.9. The first-order valence-electron chi connectivity index (χ1n) is 14.3. The Kier molecular flexibility index (Phi) is 6.17. The summed E-state index contributed by atoms with van der Waals surface area (Å²) in [5, 5.41) is 9.80. The SMILES string of the molecule is CC(F)(c1ccc2c(c1)CC[C@H]1N(C(=O)C34CCC(C(=O)O)(CC3)CC4)CC[C@@]21Cc1ccccc1)C(F)(F)F. The van der Waals surface area contributed by atoms with Crippen molar-refractivity contribution in [1.82, 2.24) is 4.90 Å². The fraction of sp³-hybridized carbons (Fsp3) is 0.562. The maximum atomic E-state index is 14.9. The predicted molar refractivity (Wildman–Crippen MR) is 141 cm³/mol. The van der Waals surface area contributed by atoms with E-state index in [9.17, 15) is 32.3 Å². The van der Waals surface area contributed by atoms with Gasteiger partial charge in [0.05, 0.1) is 5.41 Å². The number of carboxylic acid groups (broad SMARTS) is 1. The van der Waals surface area contributed by atoms with Crippen molar-refractivity contribution in [2.75, 3.05) is 6.54 Å². The Morgan fingerprint density at radius 1 is 0.925 bits per heavy atom. The highest BCUT2D eigenvalue weighted by Gasteiger charge is 2.60. The van der Waals surface area contributed by atoms with E-state index in [0.29, 0.717) is 77.7 Å². The van der Waals surface area contributed by atoms with E-state index in [-0.39, 0.29) is 17.5 Å². The van der Waals surface area contributed by atoms with Gasteiger partial charge in [0.1, 0.15) is 0 Å². The number of halogens is 4. The Morgan fingerprint density at radius 3 is 2.15 bits per heavy atom. The fourth-order valence-electron chi connectivity index (χ4n) is 8.36. The van der Waals surface area contributed by atoms with Crippen molar-refractivity contribution >= 4 is 11.9 Å². The van der Waals surface area contributed by atoms with Crippen LogP contribution in [0.1, 0.15) is 80.5 Å². The van der Waals surface area contributed by atoms with Gasteiger partial charge in [-0.1, -0.05) is 48.5 Å². The fourth-order valence-corrected chi connectivity index (χ4v) is 8.36. The second kappa shape index (κ2) is 9.05. The molecule has 0 spiro atoms. The van der Waals surface area contributed by atoms with Gasteiger partial charge in [-0.05, 0) is 93.4 Å². The van der Waals surface area contributed by atoms with Crippen LogP contribution in [-0.2, 0) is 33.5 Å². The van der Waals surface area contributed by atoms with Gasteiger partial charge in [0.15, 0.2) is 0 Å². The van der Waals surface area contributed by atoms with E-state index in [2.05, 4.69) is 0 Å². The Hall–Kier alpha value is -2.90. The molecular weight excluding hydrogens is 522 g/mol. The molecular formula is C32H35F4NO3. The summed E-state index contributed by atoms with van der Waals surface area (Å²) in [6, 6.07) is 14.1. The summed E-state index contributed by atoms with van der Waals surface area (Å²) in [5.74, 6) is -0.644. The lowest BCUT2D eigenvalue weighted by atomic mass is 9.53. The molecule has 8 heteroatoms. The van der Waals surface area contributed by atoms with E-state index in [1.807, 2.05) is 35.2 Å². The van der Waals surface area contributed by atoms with Gasteiger partial charge < -0.3 is 10.0 Å². The zero-order chi connectivity index (χ0) is 28.6. The standard InChI is InChI=1S/C32H35F4NO3/c1-28(33,32(34,35)36)23-8-9-24-22(19-23)7-10-25-31(24,20-21-5-3-2-4-6-21)17-18-37(25)26(38)29-11-14-30(15-12-29,16-13-29)27(39)40/h2-6,8-9,19,25H,7,10-18,20H2,1H3,(H,39,40)/t25-,28?,29?,30?,31-/m1/s1. The molecule has 1 saturated heterocycles. The third kappa shape index (κ3) is 3.92. The van der Waals surface area contributed by atoms with Crippen molar-refractivity contribution in [1.29, 1.82) is 0 Å². The largest absolute Gasteiger partial charge is 0.481 e. The van der Waals surface area contributed by atoms with Gasteiger partial charge in [0, 0.05) is 23.4 Å². The molecule has 2 aromatic rings. The van der Waals surface area contributed by atoms with E-state index in [4.69, 9.17) is 0 Å². The van der Waals surface area contributed by atoms with Gasteiger partial charge >= 0.3 is 12.1 Å². The van der Waals surface area contributed by atoms with Gasteiger partial charge in [0.25, 0.3) is 0 Å². The summed E-state index contributed by atoms with van der Waals surface area (Å²) in [5.41, 5.74) is -2.83. The third-order valence-electron chi connectivity index (χ3n) is 11.0. The molecule has 3 atom stereocenters. The van der Waals surface area contributed by atoms with E-state index in [0.717, 1.165) is 16.7 Å². The molecule has 2 aromatic carbocycles. The number of fused-ring (bicyclic) bond motifs is 6. The minimum Gasteiger partial charge on any atom is -0.481 e. The first kappa shape index (κ1) is 27.3. The lowest BCUT2D eigenvalue weighted by Crippen LogP contribution is -2.56. The molecule has 1 amide bonds. The first-order chi connectivity index (χ1) is 18.8. The van der Waals surface area contributed by atoms with Crippen LogP contribution in [0.2, 0.25) is 0 Å². The molecule has 1 heterocycles. The molecule has 0 aromatic heterocycles. The molecule has 3 saturated carbocycles. The Bertz CT molecular complexity index is 1310. The van der Waals surface area contributed by atoms with E-state index in [1.54, 1.807) is 6.07 Å². The summed E-state index contributed by atoms with van der Waals surface area (Å²) in [4.78, 5) is 28.3. The smallest absolute Gasteiger partial charge is 0.426 e. The topological polar surface area (TPSA) is 57.6 Å². The Labute approximate surface area is 231 Å². The molecule has 40 heavy (non-hydrogen) atoms. The lowest BCUT2D eigenvalue weighted by Gasteiger charge is -2.52. The van der Waals surface area contributed by atoms with Crippen LogP contribution in [-0.4, -0.2) is 40.6 Å². The van der Waals surface area contributed by atoms with Crippen LogP contribution < -0.4 is 0 Å². The van der Waals surface area contributed by atoms with Gasteiger partial charge in [-0.3, -0.25) is 9.59 Å². The maximum absolute atomic E-state index is 14.9. The van der Waals surface area contributed by atoms with Crippen LogP contribution in [0.5, 0.6) is 0 Å². The molecule has 1 unspecified atom stereocenters. The van der Waals surface area contributed by atoms with Crippen molar-refractivity contribution in [3.05, 3.63) is 70.8 Å². The monoisotopic (exact) mass is 557 g/mol. The number of nitrogens with zero attached hydrogens (tertiary/aromatic N) is 1. The number of rotatable bonds is 5. The van der Waals surface area contributed by atoms with Crippen LogP contribution >= 0.6 is 0 Å². The normalized spacial score (nSPS) is 32.7. The number of hydrogen-bond acceptors (Lipinski definition) is 2. The molecule has 2 bridgehead atoms. The molecule has 214 valence electrons. The first-order valence-corrected chi connectivity index (χ1v) is 14.3. The molecule has 0 radical (unpaired) electrons. The van der Waals surface area contributed by atoms with Crippen molar-refractivity contribution in [2.24, 2.45) is 10.8 Å². The molecule has 5 aliphatic rings. The van der Waals surface area contributed by atoms with Crippen molar-refractivity contribution in [2.45, 2.75) is 94.4 Å². The Balaban J connectivity index is 1.36. The molecule has 7 rings (SSSR count). The third-order valence-corrected chi connectivity index (χ3v) is 11.0. The quantitative estimate of drug-likeness (QED) is 0.408. The minimum atomic E-state index is -5.02. The van der Waals surface area contributed by atoms with Gasteiger partial charge in [-0.25, -0.2) is 4.39 Å². The summed E-state index contributed by atoms with van der Waals surface area (Å²) in [6.45, 7) is 1.12. The lowest BCUT2D eigenvalue weighted by molar-refractivity contribution is -0.228. The number of carbonyl (C=O) groups excluding carboxylic acids is 1. The zero-order valence-electron chi connectivity index (χ0n) is 22.7. The molecule has 4 nitrogen and oxygen atoms in total. The highest BCUT2D eigenvalue weighted by Crippen LogP contribution is 2.59. The number of hydrogen-bond donors (Lipinski definition) is 1. The van der Waals surface area contributed by atoms with Crippen molar-refractivity contribution in [3.8, 4) is 0 Å². The number of amides is 1. The number of alkyl halides is 4. The minimum absolute atomic E-state index is 0.111. The highest BCUT2D eigenvalue weighted by atomic mass is 19.4. The number of aliphatic carboxylic acids is 1. The zero-order valence-corrected chi connectivity index (χ0v) is 22.7. The predicted octanol–water partition coefficient (Wildman–Crippen LogP) is 6.89. The van der Waals surface area contributed by atoms with Crippen molar-refractivity contribution in [3.63, 3.8) is 0 Å². The number of aryl methyl sites for hydroxylation is 1. The van der Waals surface area contributed by atoms with Crippen molar-refractivity contribution < 1.29 is 32.3 Å². The number of carboxylic acids is 1. The average molecular weight is 558 g/mol. The van der Waals surface area contributed by atoms with Gasteiger partial charge in [-0.2, -0.15) is 13.2 Å². The number of likely N-dealkylation sites (tertiary alicyclic amines) is 1. The van der Waals surface area contributed by atoms with Crippen LogP contribution in [0.3, 0.4) is 0 Å². The van der Waals surface area contributed by atoms with E-state index in [1.165, 1.54) is 12.1 Å². The van der Waals surface area contributed by atoms with Gasteiger partial charge in [-0.15, -0.1) is 0 Å². The summed E-state index contributed by atoms with van der Waals surface area (Å²) < 4.78 is 55.5. The van der Waals surface area contributed by atoms with Crippen LogP contribution in [0.4, 0.5) is 17.6 Å². The molecule has 1 N–H and O–H groups in total. The number of carbonyl (C=O) groups is 2. The van der Waals surface area contributed by atoms with Crippen LogP contribution in [0, 0.1) is 10.8 Å². The second-order valence-electron chi connectivity index (χ2n) is 12.9. The summed E-state index contributed by atoms with van der Waals surface area (Å²) >= 11 is 0. The van der Waals surface area contributed by atoms with Crippen LogP contribution in [0.25, 0.3) is 0 Å². The molecule has 4 aliphatic carbocycles. The molecule has 4 fully saturated rings. The van der Waals surface area contributed by atoms with E-state index >= 15 is 0 Å². The van der Waals surface area contributed by atoms with Crippen LogP contribution in [0.15, 0.2) is 48.5 Å². The van der Waals surface area contributed by atoms with E-state index < -0.39 is 34.1 Å². The Morgan fingerprint density at radius 2 is 1.55 bits per heavy atom. The van der Waals surface area contributed by atoms with Gasteiger partial charge in [0.2, 0.25) is 11.6 Å².